The zero-order chi connectivity index (χ0) is 21.2. The van der Waals surface area contributed by atoms with Gasteiger partial charge in [-0.3, -0.25) is 0 Å². The molecule has 0 radical (unpaired) electrons. The van der Waals surface area contributed by atoms with Crippen LogP contribution >= 0.6 is 11.6 Å². The molecule has 0 spiro atoms. The van der Waals surface area contributed by atoms with Crippen molar-refractivity contribution in [1.82, 2.24) is 5.43 Å². The molecule has 0 atom stereocenters. The standard InChI is InChI=1S/C23H22ClN3O3/c1-17-7-10-21(11-8-17)29-13-14-30-22-12-9-19(24)15-18(22)16-25-27-23(28)26-20-5-3-2-4-6-20/h2-12,15-16H,13-14H2,1H3,(H2,26,27,28)/b25-16+. The Hall–Kier alpha value is -3.51. The summed E-state index contributed by atoms with van der Waals surface area (Å²) in [5.41, 5.74) is 4.90. The third kappa shape index (κ3) is 6.83. The van der Waals surface area contributed by atoms with Crippen LogP contribution in [0.1, 0.15) is 11.1 Å². The fourth-order valence-corrected chi connectivity index (χ4v) is 2.72. The van der Waals surface area contributed by atoms with Gasteiger partial charge in [0.2, 0.25) is 0 Å². The lowest BCUT2D eigenvalue weighted by Crippen LogP contribution is -2.24. The Morgan fingerprint density at radius 2 is 1.73 bits per heavy atom. The van der Waals surface area contributed by atoms with Crippen LogP contribution in [0.5, 0.6) is 11.5 Å². The number of hydrogen-bond donors (Lipinski definition) is 2. The maximum atomic E-state index is 11.9. The molecule has 3 aromatic carbocycles. The minimum atomic E-state index is -0.451. The molecule has 0 saturated heterocycles. The van der Waals surface area contributed by atoms with Crippen LogP contribution in [0, 0.1) is 6.92 Å². The molecule has 3 aromatic rings. The van der Waals surface area contributed by atoms with E-state index >= 15 is 0 Å². The number of nitrogens with zero attached hydrogens (tertiary/aromatic N) is 1. The van der Waals surface area contributed by atoms with E-state index < -0.39 is 6.03 Å². The number of carbonyl (C=O) groups is 1. The van der Waals surface area contributed by atoms with Gasteiger partial charge >= 0.3 is 6.03 Å². The highest BCUT2D eigenvalue weighted by Crippen LogP contribution is 2.21. The van der Waals surface area contributed by atoms with Gasteiger partial charge in [-0.05, 0) is 49.4 Å². The van der Waals surface area contributed by atoms with Crippen molar-refractivity contribution in [3.05, 3.63) is 88.9 Å². The van der Waals surface area contributed by atoms with Crippen molar-refractivity contribution in [3.8, 4) is 11.5 Å². The van der Waals surface area contributed by atoms with E-state index in [0.29, 0.717) is 35.2 Å². The summed E-state index contributed by atoms with van der Waals surface area (Å²) in [7, 11) is 0. The number of amides is 2. The molecule has 0 aliphatic rings. The zero-order valence-electron chi connectivity index (χ0n) is 16.5. The van der Waals surface area contributed by atoms with Crippen molar-refractivity contribution in [2.75, 3.05) is 18.5 Å². The Kier molecular flexibility index (Phi) is 7.69. The van der Waals surface area contributed by atoms with Crippen molar-refractivity contribution >= 4 is 29.5 Å². The van der Waals surface area contributed by atoms with Crippen molar-refractivity contribution in [2.24, 2.45) is 5.10 Å². The SMILES string of the molecule is Cc1ccc(OCCOc2ccc(Cl)cc2/C=N/NC(=O)Nc2ccccc2)cc1. The zero-order valence-corrected chi connectivity index (χ0v) is 17.2. The highest BCUT2D eigenvalue weighted by molar-refractivity contribution is 6.30. The number of aryl methyl sites for hydroxylation is 1. The Labute approximate surface area is 180 Å². The topological polar surface area (TPSA) is 72.0 Å². The summed E-state index contributed by atoms with van der Waals surface area (Å²) in [4.78, 5) is 11.9. The molecule has 7 heteroatoms. The Morgan fingerprint density at radius 1 is 1.00 bits per heavy atom. The largest absolute Gasteiger partial charge is 0.490 e. The summed E-state index contributed by atoms with van der Waals surface area (Å²) in [5.74, 6) is 1.37. The van der Waals surface area contributed by atoms with Crippen LogP contribution in [0.15, 0.2) is 77.9 Å². The normalized spacial score (nSPS) is 10.6. The number of hydrazone groups is 1. The average molecular weight is 424 g/mol. The van der Waals surface area contributed by atoms with Gasteiger partial charge in [-0.2, -0.15) is 5.10 Å². The number of halogens is 1. The summed E-state index contributed by atoms with van der Waals surface area (Å²) >= 11 is 6.08. The van der Waals surface area contributed by atoms with E-state index in [4.69, 9.17) is 21.1 Å². The monoisotopic (exact) mass is 423 g/mol. The molecule has 0 heterocycles. The molecule has 0 aliphatic carbocycles. The molecule has 0 aromatic heterocycles. The van der Waals surface area contributed by atoms with E-state index in [0.717, 1.165) is 5.75 Å². The predicted octanol–water partition coefficient (Wildman–Crippen LogP) is 5.26. The van der Waals surface area contributed by atoms with E-state index in [2.05, 4.69) is 15.8 Å². The molecule has 3 rings (SSSR count). The molecule has 2 amide bonds. The summed E-state index contributed by atoms with van der Waals surface area (Å²) in [6.07, 6.45) is 1.48. The number of benzene rings is 3. The van der Waals surface area contributed by atoms with Crippen LogP contribution in [-0.4, -0.2) is 25.5 Å². The van der Waals surface area contributed by atoms with E-state index in [1.54, 1.807) is 30.3 Å². The highest BCUT2D eigenvalue weighted by atomic mass is 35.5. The van der Waals surface area contributed by atoms with Gasteiger partial charge in [-0.1, -0.05) is 47.5 Å². The van der Waals surface area contributed by atoms with Crippen molar-refractivity contribution in [2.45, 2.75) is 6.92 Å². The number of ether oxygens (including phenoxy) is 2. The second-order valence-electron chi connectivity index (χ2n) is 6.38. The maximum Gasteiger partial charge on any atom is 0.339 e. The van der Waals surface area contributed by atoms with Crippen molar-refractivity contribution < 1.29 is 14.3 Å². The van der Waals surface area contributed by atoms with Crippen LogP contribution in [0.2, 0.25) is 5.02 Å². The molecule has 0 bridgehead atoms. The van der Waals surface area contributed by atoms with Gasteiger partial charge in [-0.15, -0.1) is 0 Å². The van der Waals surface area contributed by atoms with E-state index in [9.17, 15) is 4.79 Å². The summed E-state index contributed by atoms with van der Waals surface area (Å²) in [6, 6.07) is 21.6. The number of hydrogen-bond acceptors (Lipinski definition) is 4. The molecular formula is C23H22ClN3O3. The Bertz CT molecular complexity index is 992. The van der Waals surface area contributed by atoms with Crippen molar-refractivity contribution in [1.29, 1.82) is 0 Å². The van der Waals surface area contributed by atoms with Crippen molar-refractivity contribution in [3.63, 3.8) is 0 Å². The number of nitrogens with one attached hydrogen (secondary N) is 2. The lowest BCUT2D eigenvalue weighted by Gasteiger charge is -2.11. The molecule has 154 valence electrons. The highest BCUT2D eigenvalue weighted by Gasteiger charge is 2.04. The Morgan fingerprint density at radius 3 is 2.50 bits per heavy atom. The first-order chi connectivity index (χ1) is 14.6. The van der Waals surface area contributed by atoms with Gasteiger partial charge in [0.15, 0.2) is 0 Å². The molecule has 6 nitrogen and oxygen atoms in total. The summed E-state index contributed by atoms with van der Waals surface area (Å²) in [6.45, 7) is 2.76. The summed E-state index contributed by atoms with van der Waals surface area (Å²) in [5, 5.41) is 7.18. The van der Waals surface area contributed by atoms with Gasteiger partial charge in [-0.25, -0.2) is 10.2 Å². The van der Waals surface area contributed by atoms with Crippen LogP contribution in [0.4, 0.5) is 10.5 Å². The molecule has 2 N–H and O–H groups in total. The first-order valence-electron chi connectivity index (χ1n) is 9.37. The predicted molar refractivity (Wildman–Crippen MR) is 120 cm³/mol. The quantitative estimate of drug-likeness (QED) is 0.295. The number of para-hydroxylation sites is 1. The molecule has 0 aliphatic heterocycles. The summed E-state index contributed by atoms with van der Waals surface area (Å²) < 4.78 is 11.5. The average Bonchev–Trinajstić information content (AvgIpc) is 2.74. The lowest BCUT2D eigenvalue weighted by molar-refractivity contribution is 0.217. The Balaban J connectivity index is 1.51. The number of rotatable bonds is 8. The van der Waals surface area contributed by atoms with Crippen LogP contribution < -0.4 is 20.2 Å². The smallest absolute Gasteiger partial charge is 0.339 e. The van der Waals surface area contributed by atoms with Crippen LogP contribution in [-0.2, 0) is 0 Å². The van der Waals surface area contributed by atoms with E-state index in [-0.39, 0.29) is 0 Å². The second kappa shape index (κ2) is 10.9. The van der Waals surface area contributed by atoms with Crippen LogP contribution in [0.25, 0.3) is 0 Å². The molecule has 30 heavy (non-hydrogen) atoms. The second-order valence-corrected chi connectivity index (χ2v) is 6.82. The maximum absolute atomic E-state index is 11.9. The fourth-order valence-electron chi connectivity index (χ4n) is 2.54. The molecule has 0 unspecified atom stereocenters. The lowest BCUT2D eigenvalue weighted by atomic mass is 10.2. The van der Waals surface area contributed by atoms with E-state index in [1.165, 1.54) is 11.8 Å². The molecule has 0 saturated carbocycles. The third-order valence-electron chi connectivity index (χ3n) is 4.00. The fraction of sp³-hybridized carbons (Fsp3) is 0.130. The first kappa shape index (κ1) is 21.2. The van der Waals surface area contributed by atoms with Crippen LogP contribution in [0.3, 0.4) is 0 Å². The minimum Gasteiger partial charge on any atom is -0.490 e. The van der Waals surface area contributed by atoms with Gasteiger partial charge in [0.25, 0.3) is 0 Å². The third-order valence-corrected chi connectivity index (χ3v) is 4.24. The van der Waals surface area contributed by atoms with Gasteiger partial charge < -0.3 is 14.8 Å². The van der Waals surface area contributed by atoms with Gasteiger partial charge in [0.1, 0.15) is 24.7 Å². The number of anilines is 1. The van der Waals surface area contributed by atoms with Gasteiger partial charge in [0.05, 0.1) is 6.21 Å². The first-order valence-corrected chi connectivity index (χ1v) is 9.75. The van der Waals surface area contributed by atoms with E-state index in [1.807, 2.05) is 49.4 Å². The molecule has 0 fully saturated rings. The number of carbonyl (C=O) groups excluding carboxylic acids is 1. The van der Waals surface area contributed by atoms with Gasteiger partial charge in [0, 0.05) is 16.3 Å². The minimum absolute atomic E-state index is 0.346. The number of urea groups is 1. The molecular weight excluding hydrogens is 402 g/mol.